The minimum Gasteiger partial charge on any atom is -0.492 e. The molecule has 1 aromatic carbocycles. The summed E-state index contributed by atoms with van der Waals surface area (Å²) in [7, 11) is 3.99. The molecule has 0 saturated carbocycles. The molecule has 0 bridgehead atoms. The second-order valence-electron chi connectivity index (χ2n) is 4.17. The quantitative estimate of drug-likeness (QED) is 0.784. The van der Waals surface area contributed by atoms with Crippen molar-refractivity contribution in [1.29, 1.82) is 0 Å². The molecular weight excluding hydrogens is 228 g/mol. The highest BCUT2D eigenvalue weighted by molar-refractivity contribution is 5.99. The Morgan fingerprint density at radius 3 is 2.89 bits per heavy atom. The number of rotatable bonds is 6. The molecule has 0 spiro atoms. The first-order chi connectivity index (χ1) is 8.61. The average molecular weight is 248 g/mol. The van der Waals surface area contributed by atoms with Gasteiger partial charge in [0.2, 0.25) is 5.91 Å². The fourth-order valence-corrected chi connectivity index (χ4v) is 1.35. The van der Waals surface area contributed by atoms with E-state index < -0.39 is 0 Å². The molecule has 98 valence electrons. The van der Waals surface area contributed by atoms with Crippen molar-refractivity contribution in [2.75, 3.05) is 32.6 Å². The number of carbonyl (C=O) groups is 1. The summed E-state index contributed by atoms with van der Waals surface area (Å²) in [6.07, 6.45) is 3.19. The second kappa shape index (κ2) is 7.50. The van der Waals surface area contributed by atoms with E-state index in [-0.39, 0.29) is 5.91 Å². The normalized spacial score (nSPS) is 10.9. The van der Waals surface area contributed by atoms with E-state index in [1.165, 1.54) is 6.08 Å². The lowest BCUT2D eigenvalue weighted by molar-refractivity contribution is -0.111. The Labute approximate surface area is 108 Å². The number of allylic oxidation sites excluding steroid dienone is 1. The summed E-state index contributed by atoms with van der Waals surface area (Å²) >= 11 is 0. The van der Waals surface area contributed by atoms with Crippen molar-refractivity contribution in [3.05, 3.63) is 36.4 Å². The van der Waals surface area contributed by atoms with Crippen LogP contribution in [-0.2, 0) is 4.79 Å². The van der Waals surface area contributed by atoms with Gasteiger partial charge in [-0.05, 0) is 39.2 Å². The van der Waals surface area contributed by atoms with Crippen LogP contribution in [0.2, 0.25) is 0 Å². The molecule has 0 aliphatic carbocycles. The zero-order valence-electron chi connectivity index (χ0n) is 11.1. The molecule has 0 unspecified atom stereocenters. The van der Waals surface area contributed by atoms with Crippen LogP contribution in [0.5, 0.6) is 5.75 Å². The predicted octanol–water partition coefficient (Wildman–Crippen LogP) is 2.14. The zero-order chi connectivity index (χ0) is 13.4. The molecule has 0 atom stereocenters. The van der Waals surface area contributed by atoms with Crippen molar-refractivity contribution in [2.45, 2.75) is 6.92 Å². The van der Waals surface area contributed by atoms with Crippen molar-refractivity contribution in [2.24, 2.45) is 0 Å². The van der Waals surface area contributed by atoms with Crippen LogP contribution in [0.25, 0.3) is 0 Å². The van der Waals surface area contributed by atoms with Crippen molar-refractivity contribution in [3.8, 4) is 5.75 Å². The van der Waals surface area contributed by atoms with Crippen LogP contribution in [0.1, 0.15) is 6.92 Å². The van der Waals surface area contributed by atoms with Gasteiger partial charge in [-0.15, -0.1) is 0 Å². The third-order valence-corrected chi connectivity index (χ3v) is 2.23. The van der Waals surface area contributed by atoms with E-state index in [0.29, 0.717) is 6.61 Å². The molecule has 0 aromatic heterocycles. The van der Waals surface area contributed by atoms with Crippen LogP contribution in [0, 0.1) is 0 Å². The van der Waals surface area contributed by atoms with Gasteiger partial charge >= 0.3 is 0 Å². The van der Waals surface area contributed by atoms with E-state index in [2.05, 4.69) is 10.2 Å². The first kappa shape index (κ1) is 14.3. The third-order valence-electron chi connectivity index (χ3n) is 2.23. The fraction of sp³-hybridized carbons (Fsp3) is 0.357. The molecule has 4 heteroatoms. The van der Waals surface area contributed by atoms with Gasteiger partial charge in [0.05, 0.1) is 0 Å². The highest BCUT2D eigenvalue weighted by Crippen LogP contribution is 2.17. The number of ether oxygens (including phenoxy) is 1. The summed E-state index contributed by atoms with van der Waals surface area (Å²) in [4.78, 5) is 13.4. The van der Waals surface area contributed by atoms with Gasteiger partial charge in [-0.3, -0.25) is 4.79 Å². The topological polar surface area (TPSA) is 41.6 Å². The molecule has 4 nitrogen and oxygen atoms in total. The number of likely N-dealkylation sites (N-methyl/N-ethyl adjacent to an activating group) is 1. The SMILES string of the molecule is CC=CC(=O)Nc1cccc(OCCN(C)C)c1. The van der Waals surface area contributed by atoms with Gasteiger partial charge in [-0.1, -0.05) is 12.1 Å². The third kappa shape index (κ3) is 5.50. The lowest BCUT2D eigenvalue weighted by Crippen LogP contribution is -2.19. The number of hydrogen-bond acceptors (Lipinski definition) is 3. The molecule has 0 fully saturated rings. The van der Waals surface area contributed by atoms with Crippen molar-refractivity contribution in [1.82, 2.24) is 4.90 Å². The highest BCUT2D eigenvalue weighted by atomic mass is 16.5. The molecule has 0 saturated heterocycles. The summed E-state index contributed by atoms with van der Waals surface area (Å²) in [5.74, 6) is 0.623. The lowest BCUT2D eigenvalue weighted by atomic mass is 10.3. The van der Waals surface area contributed by atoms with E-state index in [1.807, 2.05) is 38.4 Å². The van der Waals surface area contributed by atoms with Crippen LogP contribution >= 0.6 is 0 Å². The number of nitrogens with one attached hydrogen (secondary N) is 1. The van der Waals surface area contributed by atoms with E-state index in [9.17, 15) is 4.79 Å². The maximum atomic E-state index is 11.4. The number of benzene rings is 1. The predicted molar refractivity (Wildman–Crippen MR) is 73.9 cm³/mol. The molecule has 0 aliphatic rings. The summed E-state index contributed by atoms with van der Waals surface area (Å²) in [5, 5.41) is 2.77. The Balaban J connectivity index is 2.53. The van der Waals surface area contributed by atoms with Crippen LogP contribution < -0.4 is 10.1 Å². The van der Waals surface area contributed by atoms with Crippen LogP contribution in [0.3, 0.4) is 0 Å². The van der Waals surface area contributed by atoms with Crippen LogP contribution in [0.15, 0.2) is 36.4 Å². The molecule has 1 amide bonds. The van der Waals surface area contributed by atoms with E-state index in [1.54, 1.807) is 13.0 Å². The fourth-order valence-electron chi connectivity index (χ4n) is 1.35. The van der Waals surface area contributed by atoms with Gasteiger partial charge in [0.15, 0.2) is 0 Å². The van der Waals surface area contributed by atoms with Crippen molar-refractivity contribution in [3.63, 3.8) is 0 Å². The molecule has 1 N–H and O–H groups in total. The molecule has 1 aromatic rings. The number of amides is 1. The lowest BCUT2D eigenvalue weighted by Gasteiger charge is -2.11. The maximum absolute atomic E-state index is 11.4. The van der Waals surface area contributed by atoms with E-state index in [0.717, 1.165) is 18.0 Å². The number of nitrogens with zero attached hydrogens (tertiary/aromatic N) is 1. The van der Waals surface area contributed by atoms with Gasteiger partial charge in [-0.2, -0.15) is 0 Å². The standard InChI is InChI=1S/C14H20N2O2/c1-4-6-14(17)15-12-7-5-8-13(11-12)18-10-9-16(2)3/h4-8,11H,9-10H2,1-3H3,(H,15,17). The number of hydrogen-bond donors (Lipinski definition) is 1. The molecular formula is C14H20N2O2. The Morgan fingerprint density at radius 2 is 2.22 bits per heavy atom. The molecule has 0 heterocycles. The smallest absolute Gasteiger partial charge is 0.248 e. The second-order valence-corrected chi connectivity index (χ2v) is 4.17. The number of anilines is 1. The van der Waals surface area contributed by atoms with Crippen molar-refractivity contribution < 1.29 is 9.53 Å². The molecule has 0 aliphatic heterocycles. The molecule has 0 radical (unpaired) electrons. The summed E-state index contributed by atoms with van der Waals surface area (Å²) < 4.78 is 5.59. The number of carbonyl (C=O) groups excluding carboxylic acids is 1. The Hall–Kier alpha value is -1.81. The van der Waals surface area contributed by atoms with Gasteiger partial charge in [0.25, 0.3) is 0 Å². The first-order valence-electron chi connectivity index (χ1n) is 5.93. The maximum Gasteiger partial charge on any atom is 0.248 e. The Morgan fingerprint density at radius 1 is 1.44 bits per heavy atom. The zero-order valence-corrected chi connectivity index (χ0v) is 11.1. The molecule has 18 heavy (non-hydrogen) atoms. The van der Waals surface area contributed by atoms with Gasteiger partial charge in [0.1, 0.15) is 12.4 Å². The van der Waals surface area contributed by atoms with Crippen LogP contribution in [-0.4, -0.2) is 38.1 Å². The van der Waals surface area contributed by atoms with Crippen molar-refractivity contribution >= 4 is 11.6 Å². The summed E-state index contributed by atoms with van der Waals surface area (Å²) in [5.41, 5.74) is 0.737. The van der Waals surface area contributed by atoms with E-state index >= 15 is 0 Å². The monoisotopic (exact) mass is 248 g/mol. The first-order valence-corrected chi connectivity index (χ1v) is 5.93. The molecule has 1 rings (SSSR count). The van der Waals surface area contributed by atoms with Gasteiger partial charge in [0, 0.05) is 18.3 Å². The largest absolute Gasteiger partial charge is 0.492 e. The minimum atomic E-state index is -0.136. The summed E-state index contributed by atoms with van der Waals surface area (Å²) in [6.45, 7) is 3.29. The highest BCUT2D eigenvalue weighted by Gasteiger charge is 2.00. The Kier molecular flexibility index (Phi) is 5.94. The van der Waals surface area contributed by atoms with Crippen LogP contribution in [0.4, 0.5) is 5.69 Å². The van der Waals surface area contributed by atoms with Gasteiger partial charge < -0.3 is 15.0 Å². The minimum absolute atomic E-state index is 0.136. The average Bonchev–Trinajstić information content (AvgIpc) is 2.29. The summed E-state index contributed by atoms with van der Waals surface area (Å²) in [6, 6.07) is 7.38. The van der Waals surface area contributed by atoms with E-state index in [4.69, 9.17) is 4.74 Å². The van der Waals surface area contributed by atoms with Gasteiger partial charge in [-0.25, -0.2) is 0 Å². The Bertz CT molecular complexity index is 414.